The summed E-state index contributed by atoms with van der Waals surface area (Å²) in [6, 6.07) is 0.996. The maximum atomic E-state index is 13.5. The number of anilines is 3. The topological polar surface area (TPSA) is 98.8 Å². The fourth-order valence-electron chi connectivity index (χ4n) is 2.09. The zero-order valence-electron chi connectivity index (χ0n) is 12.2. The Morgan fingerprint density at radius 2 is 1.87 bits per heavy atom. The molecule has 1 aromatic rings. The zero-order chi connectivity index (χ0) is 17.8. The van der Waals surface area contributed by atoms with Gasteiger partial charge >= 0.3 is 6.18 Å². The Morgan fingerprint density at radius 1 is 1.35 bits per heavy atom. The molecule has 0 aliphatic heterocycles. The predicted molar refractivity (Wildman–Crippen MR) is 81.6 cm³/mol. The summed E-state index contributed by atoms with van der Waals surface area (Å²) in [4.78, 5) is 12.3. The van der Waals surface area contributed by atoms with E-state index in [1.807, 2.05) is 5.32 Å². The van der Waals surface area contributed by atoms with Crippen LogP contribution in [0.1, 0.15) is 12.5 Å². The van der Waals surface area contributed by atoms with E-state index in [1.165, 1.54) is 0 Å². The minimum Gasteiger partial charge on any atom is -0.396 e. The van der Waals surface area contributed by atoms with E-state index in [2.05, 4.69) is 0 Å². The second kappa shape index (κ2) is 7.71. The van der Waals surface area contributed by atoms with Crippen molar-refractivity contribution in [2.75, 3.05) is 42.3 Å². The number of aliphatic hydroxyl groups excluding tert-OH is 2. The Morgan fingerprint density at radius 3 is 2.26 bits per heavy atom. The SMILES string of the molecule is CC(=O)Nc1c(N)c(Cl)cc(N(CCO)CCO)c1C(F)(F)F. The molecule has 0 saturated carbocycles. The lowest BCUT2D eigenvalue weighted by atomic mass is 10.1. The number of carbonyl (C=O) groups is 1. The second-order valence-corrected chi connectivity index (χ2v) is 5.06. The molecule has 0 heterocycles. The monoisotopic (exact) mass is 355 g/mol. The average molecular weight is 356 g/mol. The van der Waals surface area contributed by atoms with E-state index in [4.69, 9.17) is 27.5 Å². The first-order chi connectivity index (χ1) is 10.6. The normalized spacial score (nSPS) is 11.4. The van der Waals surface area contributed by atoms with Crippen LogP contribution in [0.4, 0.5) is 30.2 Å². The number of rotatable bonds is 6. The molecule has 0 aromatic heterocycles. The number of nitrogens with zero attached hydrogens (tertiary/aromatic N) is 1. The van der Waals surface area contributed by atoms with Crippen molar-refractivity contribution in [1.82, 2.24) is 0 Å². The molecule has 5 N–H and O–H groups in total. The van der Waals surface area contributed by atoms with Crippen molar-refractivity contribution in [3.05, 3.63) is 16.7 Å². The Hall–Kier alpha value is -1.71. The molecule has 0 aliphatic carbocycles. The van der Waals surface area contributed by atoms with Crippen molar-refractivity contribution < 1.29 is 28.2 Å². The molecule has 0 radical (unpaired) electrons. The molecule has 0 atom stereocenters. The number of amides is 1. The molecule has 1 aromatic carbocycles. The summed E-state index contributed by atoms with van der Waals surface area (Å²) in [6.07, 6.45) is -4.84. The van der Waals surface area contributed by atoms with Crippen molar-refractivity contribution in [3.63, 3.8) is 0 Å². The molecule has 0 fully saturated rings. The van der Waals surface area contributed by atoms with Crippen LogP contribution in [0.15, 0.2) is 6.07 Å². The van der Waals surface area contributed by atoms with Crippen LogP contribution in [0.5, 0.6) is 0 Å². The molecule has 0 bridgehead atoms. The number of aliphatic hydroxyl groups is 2. The van der Waals surface area contributed by atoms with Gasteiger partial charge in [0.15, 0.2) is 0 Å². The van der Waals surface area contributed by atoms with E-state index >= 15 is 0 Å². The zero-order valence-corrected chi connectivity index (χ0v) is 13.0. The molecule has 0 unspecified atom stereocenters. The number of nitrogens with two attached hydrogens (primary N) is 1. The third-order valence-electron chi connectivity index (χ3n) is 2.96. The molecular formula is C13H17ClF3N3O3. The predicted octanol–water partition coefficient (Wildman–Crippen LogP) is 1.69. The largest absolute Gasteiger partial charge is 0.420 e. The van der Waals surface area contributed by atoms with E-state index in [0.717, 1.165) is 17.9 Å². The summed E-state index contributed by atoms with van der Waals surface area (Å²) in [6.45, 7) is -0.157. The van der Waals surface area contributed by atoms with Crippen molar-refractivity contribution in [2.45, 2.75) is 13.1 Å². The van der Waals surface area contributed by atoms with Crippen LogP contribution in [-0.2, 0) is 11.0 Å². The number of benzene rings is 1. The quantitative estimate of drug-likeness (QED) is 0.582. The van der Waals surface area contributed by atoms with Crippen molar-refractivity contribution in [3.8, 4) is 0 Å². The minimum atomic E-state index is -4.84. The van der Waals surface area contributed by atoms with Crippen molar-refractivity contribution in [1.29, 1.82) is 0 Å². The van der Waals surface area contributed by atoms with Gasteiger partial charge in [-0.05, 0) is 6.07 Å². The Kier molecular flexibility index (Phi) is 6.48. The first kappa shape index (κ1) is 19.3. The third kappa shape index (κ3) is 4.63. The van der Waals surface area contributed by atoms with Gasteiger partial charge in [0, 0.05) is 20.0 Å². The summed E-state index contributed by atoms with van der Waals surface area (Å²) in [5.41, 5.74) is 2.96. The molecule has 1 rings (SSSR count). The number of alkyl halides is 3. The number of hydrogen-bond acceptors (Lipinski definition) is 5. The molecule has 0 spiro atoms. The van der Waals surface area contributed by atoms with Crippen LogP contribution in [0.25, 0.3) is 0 Å². The summed E-state index contributed by atoms with van der Waals surface area (Å²) in [5.74, 6) is -0.744. The maximum Gasteiger partial charge on any atom is 0.420 e. The Balaban J connectivity index is 3.66. The molecule has 23 heavy (non-hydrogen) atoms. The van der Waals surface area contributed by atoms with Crippen LogP contribution in [0.3, 0.4) is 0 Å². The maximum absolute atomic E-state index is 13.5. The molecular weight excluding hydrogens is 339 g/mol. The minimum absolute atomic E-state index is 0.163. The summed E-state index contributed by atoms with van der Waals surface area (Å²) >= 11 is 5.87. The lowest BCUT2D eigenvalue weighted by molar-refractivity contribution is -0.136. The molecule has 10 heteroatoms. The number of halogens is 4. The molecule has 130 valence electrons. The summed E-state index contributed by atoms with van der Waals surface area (Å²) in [5, 5.41) is 19.9. The highest BCUT2D eigenvalue weighted by Gasteiger charge is 2.39. The fraction of sp³-hybridized carbons (Fsp3) is 0.462. The second-order valence-electron chi connectivity index (χ2n) is 4.65. The highest BCUT2D eigenvalue weighted by atomic mass is 35.5. The van der Waals surface area contributed by atoms with Gasteiger partial charge in [-0.3, -0.25) is 4.79 Å². The van der Waals surface area contributed by atoms with Gasteiger partial charge in [0.05, 0.1) is 35.3 Å². The third-order valence-corrected chi connectivity index (χ3v) is 3.27. The molecule has 6 nitrogen and oxygen atoms in total. The van der Waals surface area contributed by atoms with E-state index in [9.17, 15) is 18.0 Å². The van der Waals surface area contributed by atoms with E-state index in [1.54, 1.807) is 0 Å². The van der Waals surface area contributed by atoms with Gasteiger partial charge in [-0.2, -0.15) is 13.2 Å². The standard InChI is InChI=1S/C13H17ClF3N3O3/c1-7(23)19-12-10(13(15,16)17)9(6-8(14)11(12)18)20(2-4-21)3-5-22/h6,21-22H,2-5,18H2,1H3,(H,19,23). The number of nitrogens with one attached hydrogen (secondary N) is 1. The average Bonchev–Trinajstić information content (AvgIpc) is 2.41. The lowest BCUT2D eigenvalue weighted by Gasteiger charge is -2.29. The van der Waals surface area contributed by atoms with Gasteiger partial charge in [-0.1, -0.05) is 11.6 Å². The number of nitrogen functional groups attached to an aromatic ring is 1. The van der Waals surface area contributed by atoms with E-state index in [-0.39, 0.29) is 23.8 Å². The van der Waals surface area contributed by atoms with Gasteiger partial charge in [-0.25, -0.2) is 0 Å². The fourth-order valence-corrected chi connectivity index (χ4v) is 2.29. The van der Waals surface area contributed by atoms with Crippen LogP contribution in [0, 0.1) is 0 Å². The Labute approximate surface area is 135 Å². The highest BCUT2D eigenvalue weighted by molar-refractivity contribution is 6.34. The van der Waals surface area contributed by atoms with Crippen LogP contribution in [-0.4, -0.2) is 42.4 Å². The smallest absolute Gasteiger partial charge is 0.396 e. The van der Waals surface area contributed by atoms with Crippen molar-refractivity contribution in [2.24, 2.45) is 0 Å². The first-order valence-corrected chi connectivity index (χ1v) is 6.94. The van der Waals surface area contributed by atoms with Gasteiger partial charge in [0.1, 0.15) is 5.56 Å². The van der Waals surface area contributed by atoms with Crippen molar-refractivity contribution >= 4 is 34.6 Å². The van der Waals surface area contributed by atoms with Gasteiger partial charge < -0.3 is 26.2 Å². The van der Waals surface area contributed by atoms with Crippen LogP contribution in [0.2, 0.25) is 5.02 Å². The summed E-state index contributed by atoms with van der Waals surface area (Å²) in [7, 11) is 0. The van der Waals surface area contributed by atoms with Gasteiger partial charge in [0.2, 0.25) is 5.91 Å². The number of hydrogen-bond donors (Lipinski definition) is 4. The number of carbonyl (C=O) groups excluding carboxylic acids is 1. The first-order valence-electron chi connectivity index (χ1n) is 6.56. The Bertz CT molecular complexity index is 576. The van der Waals surface area contributed by atoms with Gasteiger partial charge in [0.25, 0.3) is 0 Å². The molecule has 1 amide bonds. The highest BCUT2D eigenvalue weighted by Crippen LogP contribution is 2.47. The molecule has 0 aliphatic rings. The van der Waals surface area contributed by atoms with Crippen LogP contribution >= 0.6 is 11.6 Å². The summed E-state index contributed by atoms with van der Waals surface area (Å²) < 4.78 is 40.5. The van der Waals surface area contributed by atoms with E-state index in [0.29, 0.717) is 0 Å². The van der Waals surface area contributed by atoms with Crippen LogP contribution < -0.4 is 16.0 Å². The van der Waals surface area contributed by atoms with Gasteiger partial charge in [-0.15, -0.1) is 0 Å². The van der Waals surface area contributed by atoms with E-state index < -0.39 is 42.2 Å². The lowest BCUT2D eigenvalue weighted by Crippen LogP contribution is -2.32. The molecule has 0 saturated heterocycles.